The molecule has 0 aromatic carbocycles. The fraction of sp³-hybridized carbons (Fsp3) is 0. The molecule has 0 aliphatic carbocycles. The van der Waals surface area contributed by atoms with Gasteiger partial charge in [0.2, 0.25) is 0 Å². The summed E-state index contributed by atoms with van der Waals surface area (Å²) in [4.78, 5) is 25.6. The first kappa shape index (κ1) is 9.88. The number of hydrogen-bond donors (Lipinski definition) is 0. The topological polar surface area (TPSA) is 86.2 Å². The summed E-state index contributed by atoms with van der Waals surface area (Å²) in [5, 5.41) is 0. The van der Waals surface area contributed by atoms with Crippen LogP contribution in [0.25, 0.3) is 0 Å². The first-order chi connectivity index (χ1) is 2.00. The Kier molecular flexibility index (Phi) is 4.66. The summed E-state index contributed by atoms with van der Waals surface area (Å²) in [6, 6.07) is 0. The van der Waals surface area contributed by atoms with Gasteiger partial charge in [-0.15, -0.1) is 0 Å². The summed E-state index contributed by atoms with van der Waals surface area (Å²) in [6.07, 6.45) is 0. The van der Waals surface area contributed by atoms with Gasteiger partial charge in [0.15, 0.2) is 0 Å². The van der Waals surface area contributed by atoms with Crippen molar-refractivity contribution in [3.63, 3.8) is 0 Å². The van der Waals surface area contributed by atoms with Gasteiger partial charge in [0.25, 0.3) is 0 Å². The molecule has 0 aromatic heterocycles. The van der Waals surface area contributed by atoms with Gasteiger partial charge in [-0.25, -0.2) is 0 Å². The van der Waals surface area contributed by atoms with Gasteiger partial charge in [-0.3, -0.25) is 0 Å². The second-order valence-corrected chi connectivity index (χ2v) is 1.34. The first-order valence-corrected chi connectivity index (χ1v) is 2.19. The third-order valence-electron chi connectivity index (χ3n) is 0. The van der Waals surface area contributed by atoms with Crippen LogP contribution in [-0.4, -0.2) is 0 Å². The molecule has 0 aliphatic heterocycles. The second kappa shape index (κ2) is 2.83. The molecule has 0 aromatic rings. The third kappa shape index (κ3) is 123. The van der Waals surface area contributed by atoms with E-state index in [0.29, 0.717) is 0 Å². The smallest absolute Gasteiger partial charge is 0 e. The Morgan fingerprint density at radius 3 is 1.17 bits per heavy atom. The van der Waals surface area contributed by atoms with Crippen LogP contribution in [0.4, 0.5) is 0 Å². The molecule has 0 heterocycles. The minimum absolute atomic E-state index is 0. The summed E-state index contributed by atoms with van der Waals surface area (Å²) in [7, 11) is -5.39. The van der Waals surface area contributed by atoms with Crippen molar-refractivity contribution in [1.82, 2.24) is 0 Å². The van der Waals surface area contributed by atoms with E-state index in [0.717, 1.165) is 0 Å². The van der Waals surface area contributed by atoms with E-state index in [-0.39, 0.29) is 19.5 Å². The number of rotatable bonds is 0. The zero-order chi connectivity index (χ0) is 4.50. The molecule has 4 nitrogen and oxygen atoms in total. The van der Waals surface area contributed by atoms with Crippen LogP contribution in [0.15, 0.2) is 0 Å². The quantitative estimate of drug-likeness (QED) is 0.282. The van der Waals surface area contributed by atoms with E-state index >= 15 is 0 Å². The van der Waals surface area contributed by atoms with Crippen LogP contribution in [0.1, 0.15) is 0 Å². The maximum atomic E-state index is 8.55. The van der Waals surface area contributed by atoms with Crippen LogP contribution in [0.3, 0.4) is 0 Å². The molecule has 0 saturated carbocycles. The molecule has 0 fully saturated rings. The van der Waals surface area contributed by atoms with Gasteiger partial charge in [0, 0.05) is 19.5 Å². The fourth-order valence-electron chi connectivity index (χ4n) is 0. The minimum Gasteiger partial charge on any atom is -0.822 e. The van der Waals surface area contributed by atoms with Gasteiger partial charge in [0.05, 0.1) is 0 Å². The van der Waals surface area contributed by atoms with Crippen molar-refractivity contribution in [2.75, 3.05) is 0 Å². The Labute approximate surface area is 47.2 Å². The molecule has 6 heavy (non-hydrogen) atoms. The van der Waals surface area contributed by atoms with Crippen molar-refractivity contribution < 1.29 is 38.7 Å². The van der Waals surface area contributed by atoms with Gasteiger partial charge < -0.3 is 19.2 Å². The largest absolute Gasteiger partial charge is 0.822 e. The Bertz CT molecular complexity index is 53.7. The van der Waals surface area contributed by atoms with Crippen LogP contribution in [0.5, 0.6) is 0 Å². The van der Waals surface area contributed by atoms with Crippen molar-refractivity contribution in [1.29, 1.82) is 0 Å². The van der Waals surface area contributed by atoms with Crippen LogP contribution < -0.4 is 14.7 Å². The molecule has 0 bridgehead atoms. The fourth-order valence-corrected chi connectivity index (χ4v) is 0. The number of phosphoric acid groups is 1. The van der Waals surface area contributed by atoms with E-state index in [1.54, 1.807) is 0 Å². The van der Waals surface area contributed by atoms with Crippen molar-refractivity contribution in [3.8, 4) is 0 Å². The SMILES string of the molecule is O=P([O-])([O-])[O-].[Zn]. The minimum atomic E-state index is -5.39. The predicted molar refractivity (Wildman–Crippen MR) is 7.61 cm³/mol. The molecule has 0 aliphatic rings. The Morgan fingerprint density at radius 2 is 1.17 bits per heavy atom. The van der Waals surface area contributed by atoms with E-state index < -0.39 is 7.82 Å². The van der Waals surface area contributed by atoms with Crippen LogP contribution >= 0.6 is 7.82 Å². The van der Waals surface area contributed by atoms with Crippen LogP contribution in [0, 0.1) is 0 Å². The Hall–Kier alpha value is 0.733. The molecular weight excluding hydrogens is 160 g/mol. The van der Waals surface area contributed by atoms with Crippen molar-refractivity contribution in [2.24, 2.45) is 0 Å². The van der Waals surface area contributed by atoms with Crippen LogP contribution in [0.2, 0.25) is 0 Å². The molecule has 34 valence electrons. The van der Waals surface area contributed by atoms with Crippen molar-refractivity contribution in [3.05, 3.63) is 0 Å². The van der Waals surface area contributed by atoms with Crippen molar-refractivity contribution in [2.45, 2.75) is 0 Å². The maximum absolute atomic E-state index is 8.55. The molecule has 0 N–H and O–H groups in total. The Balaban J connectivity index is 0. The van der Waals surface area contributed by atoms with Gasteiger partial charge in [-0.1, -0.05) is 0 Å². The van der Waals surface area contributed by atoms with Crippen molar-refractivity contribution >= 4 is 7.82 Å². The average molecular weight is 160 g/mol. The van der Waals surface area contributed by atoms with Crippen LogP contribution in [-0.2, 0) is 24.0 Å². The zero-order valence-electron chi connectivity index (χ0n) is 2.79. The van der Waals surface area contributed by atoms with E-state index in [1.807, 2.05) is 0 Å². The van der Waals surface area contributed by atoms with E-state index in [2.05, 4.69) is 0 Å². The van der Waals surface area contributed by atoms with E-state index in [4.69, 9.17) is 19.2 Å². The molecule has 6 heteroatoms. The molecule has 0 radical (unpaired) electrons. The summed E-state index contributed by atoms with van der Waals surface area (Å²) < 4.78 is 8.55. The molecule has 0 saturated heterocycles. The summed E-state index contributed by atoms with van der Waals surface area (Å²) in [6.45, 7) is 0. The van der Waals surface area contributed by atoms with E-state index in [1.165, 1.54) is 0 Å². The molecule has 0 rings (SSSR count). The molecule has 0 spiro atoms. The van der Waals surface area contributed by atoms with Gasteiger partial charge in [-0.05, 0) is 0 Å². The molecule has 0 unspecified atom stereocenters. The standard InChI is InChI=1S/H3O4P.Zn/c1-5(2,3)4;/h(H3,1,2,3,4);/p-3. The first-order valence-electron chi connectivity index (χ1n) is 0.730. The van der Waals surface area contributed by atoms with Gasteiger partial charge in [-0.2, -0.15) is 7.82 Å². The molecular formula is O4PZn-3. The maximum Gasteiger partial charge on any atom is 0 e. The molecule has 0 atom stereocenters. The summed E-state index contributed by atoms with van der Waals surface area (Å²) >= 11 is 0. The van der Waals surface area contributed by atoms with Gasteiger partial charge >= 0.3 is 0 Å². The molecule has 0 amide bonds. The van der Waals surface area contributed by atoms with E-state index in [9.17, 15) is 0 Å². The number of hydrogen-bond acceptors (Lipinski definition) is 4. The summed E-state index contributed by atoms with van der Waals surface area (Å²) in [5.74, 6) is 0. The Morgan fingerprint density at radius 1 is 1.17 bits per heavy atom. The monoisotopic (exact) mass is 159 g/mol. The predicted octanol–water partition coefficient (Wildman–Crippen LogP) is -2.83. The average Bonchev–Trinajstić information content (AvgIpc) is 0.722. The second-order valence-electron chi connectivity index (χ2n) is 0.447. The normalized spacial score (nSPS) is 9.83. The van der Waals surface area contributed by atoms with Gasteiger partial charge in [0.1, 0.15) is 0 Å². The zero-order valence-corrected chi connectivity index (χ0v) is 6.65. The third-order valence-corrected chi connectivity index (χ3v) is 0. The summed E-state index contributed by atoms with van der Waals surface area (Å²) in [5.41, 5.74) is 0.